The minimum Gasteiger partial charge on any atom is -0.465 e. The summed E-state index contributed by atoms with van der Waals surface area (Å²) in [7, 11) is -2.26. The standard InChI is InChI=1S/C13H24N2O4S/c16-12(17)15-5-1-2-11(8-15)14-6-3-13(4-7-14)9-20(18,19)10-13/h11,18-19H,1-10H2,(H,16,17). The second-order valence-electron chi connectivity index (χ2n) is 6.65. The molecule has 3 rings (SSSR count). The maximum Gasteiger partial charge on any atom is 0.407 e. The highest BCUT2D eigenvalue weighted by atomic mass is 32.3. The van der Waals surface area contributed by atoms with Crippen LogP contribution in [0, 0.1) is 5.41 Å². The summed E-state index contributed by atoms with van der Waals surface area (Å²) in [5.41, 5.74) is 0.163. The Kier molecular flexibility index (Phi) is 3.64. The highest BCUT2D eigenvalue weighted by molar-refractivity contribution is 8.25. The zero-order valence-electron chi connectivity index (χ0n) is 11.7. The Labute approximate surface area is 121 Å². The molecule has 0 aliphatic carbocycles. The molecular formula is C13H24N2O4S. The Morgan fingerprint density at radius 2 is 1.80 bits per heavy atom. The molecule has 1 unspecified atom stereocenters. The zero-order valence-corrected chi connectivity index (χ0v) is 12.5. The molecule has 3 fully saturated rings. The normalized spacial score (nSPS) is 34.5. The van der Waals surface area contributed by atoms with Crippen molar-refractivity contribution in [1.82, 2.24) is 9.80 Å². The van der Waals surface area contributed by atoms with Gasteiger partial charge < -0.3 is 10.0 Å². The van der Waals surface area contributed by atoms with Gasteiger partial charge in [-0.2, -0.15) is 10.6 Å². The Morgan fingerprint density at radius 1 is 1.15 bits per heavy atom. The second kappa shape index (κ2) is 5.05. The van der Waals surface area contributed by atoms with Crippen LogP contribution in [0.5, 0.6) is 0 Å². The quantitative estimate of drug-likeness (QED) is 0.690. The van der Waals surface area contributed by atoms with E-state index in [-0.39, 0.29) is 5.41 Å². The number of amides is 1. The topological polar surface area (TPSA) is 84.2 Å². The largest absolute Gasteiger partial charge is 0.465 e. The molecule has 3 heterocycles. The predicted octanol–water partition coefficient (Wildman–Crippen LogP) is 1.98. The smallest absolute Gasteiger partial charge is 0.407 e. The van der Waals surface area contributed by atoms with Crippen molar-refractivity contribution in [2.75, 3.05) is 37.7 Å². The van der Waals surface area contributed by atoms with Crippen molar-refractivity contribution in [2.24, 2.45) is 5.41 Å². The van der Waals surface area contributed by atoms with Gasteiger partial charge >= 0.3 is 6.09 Å². The molecule has 1 atom stereocenters. The summed E-state index contributed by atoms with van der Waals surface area (Å²) in [4.78, 5) is 15.0. The summed E-state index contributed by atoms with van der Waals surface area (Å²) in [6.45, 7) is 3.21. The summed E-state index contributed by atoms with van der Waals surface area (Å²) in [6, 6.07) is 0.345. The van der Waals surface area contributed by atoms with Gasteiger partial charge in [0.2, 0.25) is 0 Å². The van der Waals surface area contributed by atoms with E-state index >= 15 is 0 Å². The number of hydrogen-bond acceptors (Lipinski definition) is 4. The molecule has 3 saturated heterocycles. The average molecular weight is 304 g/mol. The van der Waals surface area contributed by atoms with Crippen LogP contribution in [0.25, 0.3) is 0 Å². The SMILES string of the molecule is O=C(O)N1CCCC(N2CCC3(CC2)CS(O)(O)C3)C1. The first-order chi connectivity index (χ1) is 9.39. The van der Waals surface area contributed by atoms with Gasteiger partial charge in [-0.1, -0.05) is 0 Å². The van der Waals surface area contributed by atoms with Crippen molar-refractivity contribution < 1.29 is 19.0 Å². The van der Waals surface area contributed by atoms with E-state index in [0.29, 0.717) is 30.6 Å². The summed E-state index contributed by atoms with van der Waals surface area (Å²) in [5, 5.41) is 9.10. The van der Waals surface area contributed by atoms with Crippen molar-refractivity contribution in [3.8, 4) is 0 Å². The fraction of sp³-hybridized carbons (Fsp3) is 0.923. The summed E-state index contributed by atoms with van der Waals surface area (Å²) >= 11 is 0. The molecule has 0 aromatic heterocycles. The van der Waals surface area contributed by atoms with Crippen molar-refractivity contribution >= 4 is 16.7 Å². The fourth-order valence-electron chi connectivity index (χ4n) is 4.02. The van der Waals surface area contributed by atoms with Crippen LogP contribution in [0.15, 0.2) is 0 Å². The van der Waals surface area contributed by atoms with Crippen LogP contribution in [0.2, 0.25) is 0 Å². The van der Waals surface area contributed by atoms with Gasteiger partial charge in [-0.25, -0.2) is 4.79 Å². The van der Waals surface area contributed by atoms with Gasteiger partial charge in [-0.05, 0) is 38.8 Å². The van der Waals surface area contributed by atoms with E-state index in [2.05, 4.69) is 4.90 Å². The van der Waals surface area contributed by atoms with Gasteiger partial charge in [-0.15, -0.1) is 0 Å². The lowest BCUT2D eigenvalue weighted by molar-refractivity contribution is 0.0449. The molecule has 7 heteroatoms. The average Bonchev–Trinajstić information content (AvgIpc) is 2.37. The molecule has 1 spiro atoms. The molecule has 0 radical (unpaired) electrons. The van der Waals surface area contributed by atoms with Gasteiger partial charge in [0.25, 0.3) is 0 Å². The lowest BCUT2D eigenvalue weighted by Gasteiger charge is -2.59. The van der Waals surface area contributed by atoms with Gasteiger partial charge in [0.05, 0.1) is 0 Å². The van der Waals surface area contributed by atoms with E-state index in [0.717, 1.165) is 38.8 Å². The molecular weight excluding hydrogens is 280 g/mol. The van der Waals surface area contributed by atoms with E-state index in [4.69, 9.17) is 5.11 Å². The number of rotatable bonds is 1. The Balaban J connectivity index is 1.52. The molecule has 3 aliphatic rings. The third kappa shape index (κ3) is 2.77. The first kappa shape index (κ1) is 14.4. The van der Waals surface area contributed by atoms with Crippen molar-refractivity contribution in [1.29, 1.82) is 0 Å². The predicted molar refractivity (Wildman–Crippen MR) is 78.4 cm³/mol. The Morgan fingerprint density at radius 3 is 2.35 bits per heavy atom. The third-order valence-electron chi connectivity index (χ3n) is 5.12. The number of hydrogen-bond donors (Lipinski definition) is 3. The fourth-order valence-corrected chi connectivity index (χ4v) is 6.47. The molecule has 3 aliphatic heterocycles. The molecule has 6 nitrogen and oxygen atoms in total. The van der Waals surface area contributed by atoms with Crippen LogP contribution in [0.4, 0.5) is 4.79 Å². The molecule has 0 saturated carbocycles. The van der Waals surface area contributed by atoms with Crippen LogP contribution in [0.1, 0.15) is 25.7 Å². The molecule has 3 N–H and O–H groups in total. The number of nitrogens with zero attached hydrogens (tertiary/aromatic N) is 2. The van der Waals surface area contributed by atoms with Crippen molar-refractivity contribution in [3.63, 3.8) is 0 Å². The lowest BCUT2D eigenvalue weighted by Crippen LogP contribution is -2.57. The number of carboxylic acid groups (broad SMARTS) is 1. The maximum absolute atomic E-state index is 11.1. The number of carbonyl (C=O) groups is 1. The molecule has 0 aromatic rings. The summed E-state index contributed by atoms with van der Waals surface area (Å²) in [6.07, 6.45) is 3.25. The highest BCUT2D eigenvalue weighted by Gasteiger charge is 2.50. The number of piperidine rings is 2. The van der Waals surface area contributed by atoms with Gasteiger partial charge in [-0.3, -0.25) is 14.0 Å². The minimum atomic E-state index is -2.26. The van der Waals surface area contributed by atoms with E-state index in [1.54, 1.807) is 0 Å². The maximum atomic E-state index is 11.1. The Hall–Kier alpha value is -0.500. The molecule has 1 amide bonds. The van der Waals surface area contributed by atoms with Crippen LogP contribution < -0.4 is 0 Å². The number of likely N-dealkylation sites (tertiary alicyclic amines) is 2. The second-order valence-corrected chi connectivity index (χ2v) is 8.83. The Bertz CT molecular complexity index is 386. The third-order valence-corrected chi connectivity index (χ3v) is 7.27. The lowest BCUT2D eigenvalue weighted by atomic mass is 9.80. The van der Waals surface area contributed by atoms with Gasteiger partial charge in [0, 0.05) is 36.1 Å². The van der Waals surface area contributed by atoms with Crippen molar-refractivity contribution in [2.45, 2.75) is 31.7 Å². The van der Waals surface area contributed by atoms with Crippen molar-refractivity contribution in [3.05, 3.63) is 0 Å². The van der Waals surface area contributed by atoms with Crippen LogP contribution in [0.3, 0.4) is 0 Å². The zero-order chi connectivity index (χ0) is 14.4. The van der Waals surface area contributed by atoms with Gasteiger partial charge in [0.1, 0.15) is 0 Å². The first-order valence-electron chi connectivity index (χ1n) is 7.35. The summed E-state index contributed by atoms with van der Waals surface area (Å²) < 4.78 is 19.2. The molecule has 0 aromatic carbocycles. The van der Waals surface area contributed by atoms with Crippen LogP contribution >= 0.6 is 10.6 Å². The molecule has 0 bridgehead atoms. The monoisotopic (exact) mass is 304 g/mol. The van der Waals surface area contributed by atoms with Crippen LogP contribution in [-0.4, -0.2) is 73.8 Å². The highest BCUT2D eigenvalue weighted by Crippen LogP contribution is 2.62. The molecule has 20 heavy (non-hydrogen) atoms. The minimum absolute atomic E-state index is 0.163. The van der Waals surface area contributed by atoms with Gasteiger partial charge in [0.15, 0.2) is 0 Å². The van der Waals surface area contributed by atoms with E-state index < -0.39 is 16.7 Å². The van der Waals surface area contributed by atoms with E-state index in [9.17, 15) is 13.9 Å². The van der Waals surface area contributed by atoms with E-state index in [1.807, 2.05) is 0 Å². The van der Waals surface area contributed by atoms with E-state index in [1.165, 1.54) is 4.90 Å². The van der Waals surface area contributed by atoms with Crippen LogP contribution in [-0.2, 0) is 0 Å². The molecule has 116 valence electrons. The first-order valence-corrected chi connectivity index (χ1v) is 9.23. The summed E-state index contributed by atoms with van der Waals surface area (Å²) in [5.74, 6) is 1.17.